The zero-order valence-electron chi connectivity index (χ0n) is 11.8. The van der Waals surface area contributed by atoms with Crippen molar-refractivity contribution < 1.29 is 9.60 Å². The largest absolute Gasteiger partial charge is 0.260 e. The number of rotatable bonds is 1. The molecule has 2 rings (SSSR count). The molecule has 3 heteroatoms. The van der Waals surface area contributed by atoms with Crippen LogP contribution in [0, 0.1) is 0 Å². The summed E-state index contributed by atoms with van der Waals surface area (Å²) >= 11 is 2.90. The second kappa shape index (κ2) is 2.31. The van der Waals surface area contributed by atoms with E-state index in [9.17, 15) is 0 Å². The van der Waals surface area contributed by atoms with Crippen molar-refractivity contribution >= 4 is 15.9 Å². The molecular weight excluding hydrogens is 192 g/mol. The highest BCUT2D eigenvalue weighted by atomic mass is 79.9. The fraction of sp³-hybridized carbons (Fsp3) is 0.429. The average molecular weight is 206 g/mol. The summed E-state index contributed by atoms with van der Waals surface area (Å²) < 4.78 is 52.4. The van der Waals surface area contributed by atoms with Crippen molar-refractivity contribution in [3.63, 3.8) is 0 Å². The van der Waals surface area contributed by atoms with E-state index in [0.717, 1.165) is 0 Å². The first-order chi connectivity index (χ1) is 7.57. The Hall–Kier alpha value is -0.440. The van der Waals surface area contributed by atoms with E-state index in [4.69, 9.17) is 9.60 Å². The maximum absolute atomic E-state index is 7.84. The molecule has 0 atom stereocenters. The van der Waals surface area contributed by atoms with E-state index in [1.165, 1.54) is 0 Å². The molecule has 1 heterocycles. The summed E-state index contributed by atoms with van der Waals surface area (Å²) in [4.78, 5) is 7.19. The fourth-order valence-electron chi connectivity index (χ4n) is 0.537. The number of nitrogens with zero attached hydrogens (tertiary/aromatic N) is 2. The fourth-order valence-corrected chi connectivity index (χ4v) is 0.803. The Morgan fingerprint density at radius 3 is 3.30 bits per heavy atom. The molecule has 0 spiro atoms. The number of aromatic nitrogens is 2. The second-order valence-electron chi connectivity index (χ2n) is 1.71. The van der Waals surface area contributed by atoms with Crippen molar-refractivity contribution in [1.29, 1.82) is 0 Å². The Morgan fingerprint density at radius 1 is 1.80 bits per heavy atom. The minimum absolute atomic E-state index is 0.0337. The van der Waals surface area contributed by atoms with Crippen LogP contribution in [0.15, 0.2) is 16.9 Å². The molecule has 1 aromatic heterocycles. The summed E-state index contributed by atoms with van der Waals surface area (Å²) in [5, 5.41) is 0. The first-order valence-electron chi connectivity index (χ1n) is 6.08. The molecule has 0 unspecified atom stereocenters. The smallest absolute Gasteiger partial charge is 0.124 e. The summed E-state index contributed by atoms with van der Waals surface area (Å²) in [7, 11) is 0. The van der Waals surface area contributed by atoms with Crippen LogP contribution < -0.4 is 0 Å². The van der Waals surface area contributed by atoms with Gasteiger partial charge in [-0.1, -0.05) is 0 Å². The van der Waals surface area contributed by atoms with E-state index in [0.29, 0.717) is 0 Å². The van der Waals surface area contributed by atoms with Crippen LogP contribution in [0.2, 0.25) is 0 Å². The maximum Gasteiger partial charge on any atom is 0.124 e. The van der Waals surface area contributed by atoms with E-state index in [-0.39, 0.29) is 10.8 Å². The highest BCUT2D eigenvalue weighted by molar-refractivity contribution is 9.10. The van der Waals surface area contributed by atoms with Crippen LogP contribution in [0.3, 0.4) is 0 Å². The van der Waals surface area contributed by atoms with Crippen molar-refractivity contribution in [1.82, 2.24) is 9.97 Å². The highest BCUT2D eigenvalue weighted by Gasteiger charge is 2.25. The van der Waals surface area contributed by atoms with Gasteiger partial charge in [0.25, 0.3) is 0 Å². The van der Waals surface area contributed by atoms with Crippen molar-refractivity contribution in [2.75, 3.05) is 0 Å². The monoisotopic (exact) mass is 205 g/mol. The van der Waals surface area contributed by atoms with Crippen molar-refractivity contribution in [2.24, 2.45) is 0 Å². The van der Waals surface area contributed by atoms with Gasteiger partial charge in [0.05, 0.1) is 14.6 Å². The number of halogens is 1. The second-order valence-corrected chi connectivity index (χ2v) is 2.46. The van der Waals surface area contributed by atoms with E-state index in [2.05, 4.69) is 25.9 Å². The molecule has 0 aromatic carbocycles. The van der Waals surface area contributed by atoms with Gasteiger partial charge in [-0.3, -0.25) is 4.98 Å². The first kappa shape index (κ1) is 2.27. The standard InChI is InChI=1S/C7H7BrN2/c8-7-4-9-3-6(10-7)5-1-2-5/h3-5H,1-2H2/i1D2,2D2,3D,4D,5D. The third kappa shape index (κ3) is 1.19. The van der Waals surface area contributed by atoms with Gasteiger partial charge in [-0.2, -0.15) is 0 Å². The molecule has 1 fully saturated rings. The van der Waals surface area contributed by atoms with Crippen molar-refractivity contribution in [3.8, 4) is 0 Å². The van der Waals surface area contributed by atoms with Crippen LogP contribution in [0.5, 0.6) is 0 Å². The van der Waals surface area contributed by atoms with E-state index < -0.39 is 30.5 Å². The predicted molar refractivity (Wildman–Crippen MR) is 41.7 cm³/mol. The maximum atomic E-state index is 7.84. The van der Waals surface area contributed by atoms with Crippen LogP contribution in [0.1, 0.15) is 33.9 Å². The predicted octanol–water partition coefficient (Wildman–Crippen LogP) is 2.12. The molecule has 0 N–H and O–H groups in total. The van der Waals surface area contributed by atoms with Crippen LogP contribution in [0.4, 0.5) is 0 Å². The molecule has 2 nitrogen and oxygen atoms in total. The van der Waals surface area contributed by atoms with Gasteiger partial charge in [-0.15, -0.1) is 0 Å². The lowest BCUT2D eigenvalue weighted by atomic mass is 10.3. The van der Waals surface area contributed by atoms with Gasteiger partial charge in [0.2, 0.25) is 0 Å². The molecule has 0 radical (unpaired) electrons. The Kier molecular flexibility index (Phi) is 0.524. The summed E-state index contributed by atoms with van der Waals surface area (Å²) in [5.74, 6) is -2.25. The van der Waals surface area contributed by atoms with Gasteiger partial charge in [0.15, 0.2) is 0 Å². The van der Waals surface area contributed by atoms with E-state index >= 15 is 0 Å². The number of hydrogen-bond acceptors (Lipinski definition) is 2. The van der Waals surface area contributed by atoms with E-state index in [1.54, 1.807) is 0 Å². The molecule has 0 saturated heterocycles. The molecular formula is C7H7BrN2. The van der Waals surface area contributed by atoms with Crippen molar-refractivity contribution in [2.45, 2.75) is 18.6 Å². The third-order valence-corrected chi connectivity index (χ3v) is 1.36. The summed E-state index contributed by atoms with van der Waals surface area (Å²) in [6, 6.07) is 0. The summed E-state index contributed by atoms with van der Waals surface area (Å²) in [6.45, 7) is 0. The molecule has 0 amide bonds. The van der Waals surface area contributed by atoms with Gasteiger partial charge in [0, 0.05) is 18.9 Å². The topological polar surface area (TPSA) is 25.8 Å². The highest BCUT2D eigenvalue weighted by Crippen LogP contribution is 2.38. The van der Waals surface area contributed by atoms with Gasteiger partial charge in [-0.05, 0) is 28.7 Å². The van der Waals surface area contributed by atoms with Gasteiger partial charge < -0.3 is 0 Å². The minimum Gasteiger partial charge on any atom is -0.260 e. The lowest BCUT2D eigenvalue weighted by molar-refractivity contribution is 0.972. The van der Waals surface area contributed by atoms with Crippen molar-refractivity contribution in [3.05, 3.63) is 22.6 Å². The first-order valence-corrected chi connectivity index (χ1v) is 3.38. The van der Waals surface area contributed by atoms with Gasteiger partial charge >= 0.3 is 0 Å². The third-order valence-electron chi connectivity index (χ3n) is 1.01. The Balaban J connectivity index is 2.62. The molecule has 1 aromatic rings. The van der Waals surface area contributed by atoms with Crippen LogP contribution in [-0.4, -0.2) is 9.97 Å². The lowest BCUT2D eigenvalue weighted by Crippen LogP contribution is -1.87. The molecule has 1 aliphatic carbocycles. The van der Waals surface area contributed by atoms with Gasteiger partial charge in [-0.25, -0.2) is 4.98 Å². The minimum atomic E-state index is -2.42. The SMILES string of the molecule is [2H]c1nc([2H])c(C2([2H])C([2H])([2H])C2([2H])[2H])nc1Br. The summed E-state index contributed by atoms with van der Waals surface area (Å²) in [6.07, 6.45) is -5.69. The molecule has 1 aliphatic rings. The zero-order valence-corrected chi connectivity index (χ0v) is 6.36. The van der Waals surface area contributed by atoms with Gasteiger partial charge in [0.1, 0.15) is 4.60 Å². The zero-order chi connectivity index (χ0) is 13.2. The Labute approximate surface area is 77.7 Å². The molecule has 0 aliphatic heterocycles. The van der Waals surface area contributed by atoms with Crippen LogP contribution in [0.25, 0.3) is 0 Å². The van der Waals surface area contributed by atoms with E-state index in [1.807, 2.05) is 0 Å². The van der Waals surface area contributed by atoms with Crippen LogP contribution >= 0.6 is 15.9 Å². The Morgan fingerprint density at radius 2 is 2.60 bits per heavy atom. The van der Waals surface area contributed by atoms with Crippen LogP contribution in [-0.2, 0) is 0 Å². The lowest BCUT2D eigenvalue weighted by Gasteiger charge is -1.94. The normalized spacial score (nSPS) is 40.7. The number of hydrogen-bond donors (Lipinski definition) is 0. The molecule has 10 heavy (non-hydrogen) atoms. The molecule has 0 bridgehead atoms. The average Bonchev–Trinajstić information content (AvgIpc) is 2.51. The quantitative estimate of drug-likeness (QED) is 0.703. The molecule has 52 valence electrons. The summed E-state index contributed by atoms with van der Waals surface area (Å²) in [5.41, 5.74) is -0.393. The molecule has 1 saturated carbocycles. The Bertz CT molecular complexity index is 489.